The lowest BCUT2D eigenvalue weighted by Gasteiger charge is -2.01. The topological polar surface area (TPSA) is 48.8 Å². The smallest absolute Gasteiger partial charge is 0.0348 e. The van der Waals surface area contributed by atoms with Crippen LogP contribution in [0.1, 0.15) is 20.3 Å². The van der Waals surface area contributed by atoms with Crippen LogP contribution >= 0.6 is 11.8 Å². The lowest BCUT2D eigenvalue weighted by molar-refractivity contribution is 0.632. The van der Waals surface area contributed by atoms with Gasteiger partial charge in [0.05, 0.1) is 0 Å². The highest BCUT2D eigenvalue weighted by Crippen LogP contribution is 2.07. The summed E-state index contributed by atoms with van der Waals surface area (Å²) in [7, 11) is 0. The van der Waals surface area contributed by atoms with Crippen molar-refractivity contribution in [1.82, 2.24) is 0 Å². The van der Waals surface area contributed by atoms with E-state index in [0.717, 1.165) is 11.7 Å². The summed E-state index contributed by atoms with van der Waals surface area (Å²) in [6, 6.07) is 0. The zero-order valence-electron chi connectivity index (χ0n) is 7.16. The van der Waals surface area contributed by atoms with Crippen LogP contribution in [0.25, 0.3) is 10.4 Å². The van der Waals surface area contributed by atoms with Crippen LogP contribution in [-0.2, 0) is 0 Å². The Labute approximate surface area is 72.2 Å². The third kappa shape index (κ3) is 9.66. The Hall–Kier alpha value is -0.340. The second kappa shape index (κ2) is 7.76. The Morgan fingerprint density at radius 3 is 2.73 bits per heavy atom. The number of hydrogen-bond donors (Lipinski definition) is 0. The molecule has 0 rings (SSSR count). The average Bonchev–Trinajstić information content (AvgIpc) is 1.96. The molecule has 0 amide bonds. The fraction of sp³-hybridized carbons (Fsp3) is 1.00. The predicted octanol–water partition coefficient (Wildman–Crippen LogP) is 3.08. The molecule has 0 fully saturated rings. The fourth-order valence-electron chi connectivity index (χ4n) is 0.571. The molecule has 0 aromatic rings. The molecule has 0 atom stereocenters. The molecule has 0 saturated heterocycles. The van der Waals surface area contributed by atoms with E-state index in [1.54, 1.807) is 0 Å². The monoisotopic (exact) mass is 173 g/mol. The van der Waals surface area contributed by atoms with Gasteiger partial charge in [0.15, 0.2) is 0 Å². The maximum absolute atomic E-state index is 7.96. The van der Waals surface area contributed by atoms with Crippen LogP contribution < -0.4 is 0 Å². The van der Waals surface area contributed by atoms with Gasteiger partial charge >= 0.3 is 0 Å². The SMILES string of the molecule is CC(C)CCSCCN=[N+]=[N-]. The lowest BCUT2D eigenvalue weighted by atomic mass is 10.2. The molecule has 3 nitrogen and oxygen atoms in total. The van der Waals surface area contributed by atoms with Gasteiger partial charge < -0.3 is 0 Å². The molecule has 0 aliphatic carbocycles. The van der Waals surface area contributed by atoms with E-state index in [-0.39, 0.29) is 0 Å². The zero-order chi connectivity index (χ0) is 8.53. The summed E-state index contributed by atoms with van der Waals surface area (Å²) in [6.07, 6.45) is 1.25. The minimum absolute atomic E-state index is 0.624. The molecule has 0 radical (unpaired) electrons. The van der Waals surface area contributed by atoms with Crippen LogP contribution in [0.15, 0.2) is 5.11 Å². The Morgan fingerprint density at radius 2 is 2.18 bits per heavy atom. The number of thioether (sulfide) groups is 1. The molecule has 64 valence electrons. The molecule has 0 unspecified atom stereocenters. The summed E-state index contributed by atoms with van der Waals surface area (Å²) >= 11 is 1.86. The molecule has 4 heteroatoms. The highest BCUT2D eigenvalue weighted by atomic mass is 32.2. The Kier molecular flexibility index (Phi) is 7.52. The van der Waals surface area contributed by atoms with Gasteiger partial charge in [0.2, 0.25) is 0 Å². The number of rotatable bonds is 6. The van der Waals surface area contributed by atoms with Crippen molar-refractivity contribution in [1.29, 1.82) is 0 Å². The molecule has 0 N–H and O–H groups in total. The minimum atomic E-state index is 0.624. The van der Waals surface area contributed by atoms with Crippen LogP contribution in [0.3, 0.4) is 0 Å². The van der Waals surface area contributed by atoms with Gasteiger partial charge in [0.1, 0.15) is 0 Å². The van der Waals surface area contributed by atoms with Crippen LogP contribution in [0, 0.1) is 5.92 Å². The number of nitrogens with zero attached hydrogens (tertiary/aromatic N) is 3. The lowest BCUT2D eigenvalue weighted by Crippen LogP contribution is -1.92. The van der Waals surface area contributed by atoms with Crippen molar-refractivity contribution in [3.63, 3.8) is 0 Å². The average molecular weight is 173 g/mol. The maximum atomic E-state index is 7.96. The molecular formula is C7H15N3S. The van der Waals surface area contributed by atoms with Crippen LogP contribution in [0.5, 0.6) is 0 Å². The molecule has 0 saturated carbocycles. The third-order valence-electron chi connectivity index (χ3n) is 1.24. The van der Waals surface area contributed by atoms with E-state index in [0.29, 0.717) is 6.54 Å². The van der Waals surface area contributed by atoms with E-state index in [1.165, 1.54) is 12.2 Å². The fourth-order valence-corrected chi connectivity index (χ4v) is 1.62. The molecular weight excluding hydrogens is 158 g/mol. The highest BCUT2D eigenvalue weighted by molar-refractivity contribution is 7.99. The zero-order valence-corrected chi connectivity index (χ0v) is 7.97. The summed E-state index contributed by atoms with van der Waals surface area (Å²) in [5.74, 6) is 2.91. The first-order chi connectivity index (χ1) is 5.27. The summed E-state index contributed by atoms with van der Waals surface area (Å²) in [5.41, 5.74) is 7.96. The van der Waals surface area contributed by atoms with Gasteiger partial charge in [-0.2, -0.15) is 11.8 Å². The summed E-state index contributed by atoms with van der Waals surface area (Å²) in [4.78, 5) is 2.68. The Bertz CT molecular complexity index is 130. The summed E-state index contributed by atoms with van der Waals surface area (Å²) in [5, 5.41) is 3.45. The normalized spacial score (nSPS) is 9.73. The van der Waals surface area contributed by atoms with Crippen molar-refractivity contribution in [2.75, 3.05) is 18.1 Å². The van der Waals surface area contributed by atoms with E-state index in [1.807, 2.05) is 11.8 Å². The van der Waals surface area contributed by atoms with Gasteiger partial charge in [-0.1, -0.05) is 19.0 Å². The van der Waals surface area contributed by atoms with E-state index >= 15 is 0 Å². The Morgan fingerprint density at radius 1 is 1.45 bits per heavy atom. The van der Waals surface area contributed by atoms with Gasteiger partial charge in [0.25, 0.3) is 0 Å². The van der Waals surface area contributed by atoms with Crippen molar-refractivity contribution >= 4 is 11.8 Å². The van der Waals surface area contributed by atoms with Crippen LogP contribution in [0.4, 0.5) is 0 Å². The second-order valence-corrected chi connectivity index (χ2v) is 3.97. The molecule has 0 aliphatic rings. The second-order valence-electron chi connectivity index (χ2n) is 2.75. The van der Waals surface area contributed by atoms with Crippen molar-refractivity contribution in [2.45, 2.75) is 20.3 Å². The quantitative estimate of drug-likeness (QED) is 0.263. The first-order valence-corrected chi connectivity index (χ1v) is 5.01. The molecule has 0 bridgehead atoms. The first kappa shape index (κ1) is 10.7. The molecule has 0 aliphatic heterocycles. The van der Waals surface area contributed by atoms with Crippen molar-refractivity contribution in [3.8, 4) is 0 Å². The molecule has 0 aromatic carbocycles. The van der Waals surface area contributed by atoms with Crippen LogP contribution in [-0.4, -0.2) is 18.1 Å². The van der Waals surface area contributed by atoms with Gasteiger partial charge in [-0.05, 0) is 29.4 Å². The molecule has 0 spiro atoms. The molecule has 11 heavy (non-hydrogen) atoms. The van der Waals surface area contributed by atoms with Crippen molar-refractivity contribution < 1.29 is 0 Å². The van der Waals surface area contributed by atoms with Gasteiger partial charge in [0, 0.05) is 11.5 Å². The third-order valence-corrected chi connectivity index (χ3v) is 2.23. The number of hydrogen-bond acceptors (Lipinski definition) is 2. The number of azide groups is 1. The van der Waals surface area contributed by atoms with Crippen molar-refractivity contribution in [3.05, 3.63) is 10.4 Å². The van der Waals surface area contributed by atoms with Crippen molar-refractivity contribution in [2.24, 2.45) is 11.0 Å². The largest absolute Gasteiger partial charge is 0.162 e. The first-order valence-electron chi connectivity index (χ1n) is 3.86. The maximum Gasteiger partial charge on any atom is 0.0348 e. The van der Waals surface area contributed by atoms with E-state index in [9.17, 15) is 0 Å². The van der Waals surface area contributed by atoms with Gasteiger partial charge in [-0.3, -0.25) is 0 Å². The molecule has 0 heterocycles. The Balaban J connectivity index is 2.96. The standard InChI is InChI=1S/C7H15N3S/c1-7(2)3-5-11-6-4-9-10-8/h7H,3-6H2,1-2H3. The summed E-state index contributed by atoms with van der Waals surface area (Å²) < 4.78 is 0. The predicted molar refractivity (Wildman–Crippen MR) is 50.8 cm³/mol. The highest BCUT2D eigenvalue weighted by Gasteiger charge is 1.92. The van der Waals surface area contributed by atoms with Gasteiger partial charge in [-0.25, -0.2) is 0 Å². The molecule has 0 aromatic heterocycles. The van der Waals surface area contributed by atoms with E-state index in [2.05, 4.69) is 23.9 Å². The van der Waals surface area contributed by atoms with Crippen LogP contribution in [0.2, 0.25) is 0 Å². The van der Waals surface area contributed by atoms with E-state index < -0.39 is 0 Å². The van der Waals surface area contributed by atoms with Gasteiger partial charge in [-0.15, -0.1) is 0 Å². The minimum Gasteiger partial charge on any atom is -0.162 e. The van der Waals surface area contributed by atoms with E-state index in [4.69, 9.17) is 5.53 Å². The summed E-state index contributed by atoms with van der Waals surface area (Å²) in [6.45, 7) is 5.06.